The van der Waals surface area contributed by atoms with E-state index in [1.165, 1.54) is 23.5 Å². The van der Waals surface area contributed by atoms with E-state index < -0.39 is 4.92 Å². The summed E-state index contributed by atoms with van der Waals surface area (Å²) in [6.45, 7) is 1.56. The Labute approximate surface area is 181 Å². The minimum Gasteiger partial charge on any atom is -0.337 e. The summed E-state index contributed by atoms with van der Waals surface area (Å²) >= 11 is 7.81. The molecule has 2 aromatic carbocycles. The van der Waals surface area contributed by atoms with Gasteiger partial charge in [0.1, 0.15) is 0 Å². The number of nitrogens with zero attached hydrogens (tertiary/aromatic N) is 5. The lowest BCUT2D eigenvalue weighted by Gasteiger charge is -2.10. The first-order chi connectivity index (χ1) is 14.6. The highest BCUT2D eigenvalue weighted by Gasteiger charge is 2.11. The maximum Gasteiger partial charge on any atom is 0.269 e. The summed E-state index contributed by atoms with van der Waals surface area (Å²) in [5.41, 5.74) is 2.65. The molecule has 0 spiro atoms. The van der Waals surface area contributed by atoms with Crippen LogP contribution >= 0.6 is 22.9 Å². The molecule has 4 rings (SSSR count). The summed E-state index contributed by atoms with van der Waals surface area (Å²) in [4.78, 5) is 20.3. The number of aromatic nitrogens is 3. The van der Waals surface area contributed by atoms with Crippen molar-refractivity contribution >= 4 is 34.3 Å². The Bertz CT molecular complexity index is 1210. The Morgan fingerprint density at radius 2 is 1.93 bits per heavy atom. The molecule has 0 unspecified atom stereocenters. The van der Waals surface area contributed by atoms with Crippen molar-refractivity contribution in [1.29, 1.82) is 0 Å². The molecule has 0 bridgehead atoms. The smallest absolute Gasteiger partial charge is 0.269 e. The van der Waals surface area contributed by atoms with Crippen LogP contribution < -0.4 is 4.80 Å². The number of nitro groups is 1. The van der Waals surface area contributed by atoms with E-state index in [9.17, 15) is 10.1 Å². The molecule has 2 aromatic heterocycles. The molecule has 0 radical (unpaired) electrons. The molecule has 30 heavy (non-hydrogen) atoms. The van der Waals surface area contributed by atoms with Crippen LogP contribution in [0.5, 0.6) is 0 Å². The predicted octanol–water partition coefficient (Wildman–Crippen LogP) is 5.30. The average Bonchev–Trinajstić information content (AvgIpc) is 3.40. The lowest BCUT2D eigenvalue weighted by atomic mass is 10.1. The number of halogens is 1. The summed E-state index contributed by atoms with van der Waals surface area (Å²) in [5, 5.41) is 13.6. The number of nitro benzene ring substituents is 1. The standard InChI is InChI=1S/C21H18ClN5O2S/c22-18-4-1-2-5-19(18)24-21-26(12-3-11-25-13-10-23-15-25)20(14-30-21)16-6-8-17(9-7-16)27(28)29/h1-2,4-10,13-15H,3,11-12H2. The van der Waals surface area contributed by atoms with E-state index in [2.05, 4.69) is 9.55 Å². The van der Waals surface area contributed by atoms with Gasteiger partial charge in [-0.3, -0.25) is 10.1 Å². The monoisotopic (exact) mass is 439 g/mol. The molecule has 0 aliphatic rings. The first-order valence-electron chi connectivity index (χ1n) is 9.30. The van der Waals surface area contributed by atoms with Crippen LogP contribution in [0.2, 0.25) is 5.02 Å². The summed E-state index contributed by atoms with van der Waals surface area (Å²) in [6.07, 6.45) is 6.37. The van der Waals surface area contributed by atoms with Crippen LogP contribution in [0.15, 0.2) is 77.6 Å². The van der Waals surface area contributed by atoms with E-state index in [0.29, 0.717) is 10.7 Å². The second kappa shape index (κ2) is 9.06. The minimum atomic E-state index is -0.394. The van der Waals surface area contributed by atoms with Crippen molar-refractivity contribution in [1.82, 2.24) is 14.1 Å². The quantitative estimate of drug-likeness (QED) is 0.289. The Kier molecular flexibility index (Phi) is 6.06. The molecule has 0 atom stereocenters. The Morgan fingerprint density at radius 3 is 2.63 bits per heavy atom. The molecule has 7 nitrogen and oxygen atoms in total. The molecular weight excluding hydrogens is 422 g/mol. The number of hydrogen-bond donors (Lipinski definition) is 0. The summed E-state index contributed by atoms with van der Waals surface area (Å²) in [7, 11) is 0. The zero-order chi connectivity index (χ0) is 20.9. The van der Waals surface area contributed by atoms with E-state index in [1.807, 2.05) is 40.4 Å². The van der Waals surface area contributed by atoms with Crippen molar-refractivity contribution in [2.45, 2.75) is 19.5 Å². The highest BCUT2D eigenvalue weighted by atomic mass is 35.5. The fraction of sp³-hybridized carbons (Fsp3) is 0.143. The van der Waals surface area contributed by atoms with Crippen LogP contribution in [0.4, 0.5) is 11.4 Å². The highest BCUT2D eigenvalue weighted by molar-refractivity contribution is 7.07. The molecule has 0 saturated heterocycles. The van der Waals surface area contributed by atoms with Gasteiger partial charge < -0.3 is 9.13 Å². The van der Waals surface area contributed by atoms with Gasteiger partial charge in [-0.05, 0) is 36.2 Å². The van der Waals surface area contributed by atoms with Crippen LogP contribution in [0, 0.1) is 10.1 Å². The SMILES string of the molecule is O=[N+]([O-])c1ccc(-c2csc(=Nc3ccccc3Cl)n2CCCn2ccnc2)cc1. The largest absolute Gasteiger partial charge is 0.337 e. The van der Waals surface area contributed by atoms with Crippen molar-refractivity contribution < 1.29 is 4.92 Å². The minimum absolute atomic E-state index is 0.0709. The van der Waals surface area contributed by atoms with E-state index in [0.717, 1.165) is 35.6 Å². The number of benzene rings is 2. The van der Waals surface area contributed by atoms with Crippen molar-refractivity contribution in [2.24, 2.45) is 4.99 Å². The molecular formula is C21H18ClN5O2S. The maximum absolute atomic E-state index is 11.0. The van der Waals surface area contributed by atoms with Gasteiger partial charge in [-0.25, -0.2) is 9.98 Å². The van der Waals surface area contributed by atoms with Crippen molar-refractivity contribution in [3.05, 3.63) is 92.6 Å². The van der Waals surface area contributed by atoms with Gasteiger partial charge in [-0.1, -0.05) is 23.7 Å². The summed E-state index contributed by atoms with van der Waals surface area (Å²) in [6, 6.07) is 14.0. The maximum atomic E-state index is 11.0. The van der Waals surface area contributed by atoms with E-state index in [1.54, 1.807) is 24.7 Å². The van der Waals surface area contributed by atoms with Gasteiger partial charge in [0.2, 0.25) is 0 Å². The van der Waals surface area contributed by atoms with Crippen LogP contribution in [-0.4, -0.2) is 19.0 Å². The number of imidazole rings is 1. The van der Waals surface area contributed by atoms with Gasteiger partial charge in [0.15, 0.2) is 4.80 Å². The Morgan fingerprint density at radius 1 is 1.13 bits per heavy atom. The van der Waals surface area contributed by atoms with E-state index >= 15 is 0 Å². The van der Waals surface area contributed by atoms with Gasteiger partial charge >= 0.3 is 0 Å². The Balaban J connectivity index is 1.71. The fourth-order valence-corrected chi connectivity index (χ4v) is 4.22. The fourth-order valence-electron chi connectivity index (χ4n) is 3.10. The number of non-ortho nitro benzene ring substituents is 1. The molecule has 0 amide bonds. The van der Waals surface area contributed by atoms with E-state index in [-0.39, 0.29) is 5.69 Å². The molecule has 0 N–H and O–H groups in total. The van der Waals surface area contributed by atoms with Gasteiger partial charge in [0.05, 0.1) is 27.7 Å². The number of thiazole rings is 1. The van der Waals surface area contributed by atoms with Crippen molar-refractivity contribution in [3.63, 3.8) is 0 Å². The molecule has 0 saturated carbocycles. The lowest BCUT2D eigenvalue weighted by molar-refractivity contribution is -0.384. The topological polar surface area (TPSA) is 78.2 Å². The van der Waals surface area contributed by atoms with Gasteiger partial charge in [-0.2, -0.15) is 0 Å². The normalized spacial score (nSPS) is 11.7. The third kappa shape index (κ3) is 4.50. The number of hydrogen-bond acceptors (Lipinski definition) is 5. The summed E-state index contributed by atoms with van der Waals surface area (Å²) in [5.74, 6) is 0. The van der Waals surface area contributed by atoms with Gasteiger partial charge in [-0.15, -0.1) is 11.3 Å². The molecule has 4 aromatic rings. The highest BCUT2D eigenvalue weighted by Crippen LogP contribution is 2.26. The van der Waals surface area contributed by atoms with Gasteiger partial charge in [0, 0.05) is 43.0 Å². The third-order valence-corrected chi connectivity index (χ3v) is 5.78. The van der Waals surface area contributed by atoms with E-state index in [4.69, 9.17) is 16.6 Å². The van der Waals surface area contributed by atoms with Crippen LogP contribution in [-0.2, 0) is 13.1 Å². The third-order valence-electron chi connectivity index (χ3n) is 4.60. The molecule has 0 fully saturated rings. The first-order valence-corrected chi connectivity index (χ1v) is 10.6. The zero-order valence-electron chi connectivity index (χ0n) is 15.9. The second-order valence-corrected chi connectivity index (χ2v) is 7.82. The Hall–Kier alpha value is -3.23. The van der Waals surface area contributed by atoms with Crippen molar-refractivity contribution in [2.75, 3.05) is 0 Å². The molecule has 152 valence electrons. The zero-order valence-corrected chi connectivity index (χ0v) is 17.5. The first kappa shape index (κ1) is 20.1. The van der Waals surface area contributed by atoms with Crippen LogP contribution in [0.25, 0.3) is 11.3 Å². The van der Waals surface area contributed by atoms with Gasteiger partial charge in [0.25, 0.3) is 5.69 Å². The predicted molar refractivity (Wildman–Crippen MR) is 118 cm³/mol. The lowest BCUT2D eigenvalue weighted by Crippen LogP contribution is -2.17. The summed E-state index contributed by atoms with van der Waals surface area (Å²) < 4.78 is 4.16. The number of para-hydroxylation sites is 1. The number of aryl methyl sites for hydroxylation is 1. The second-order valence-electron chi connectivity index (χ2n) is 6.58. The molecule has 9 heteroatoms. The van der Waals surface area contributed by atoms with Crippen LogP contribution in [0.3, 0.4) is 0 Å². The van der Waals surface area contributed by atoms with Crippen LogP contribution in [0.1, 0.15) is 6.42 Å². The number of rotatable bonds is 7. The average molecular weight is 440 g/mol. The molecule has 0 aliphatic carbocycles. The molecule has 2 heterocycles. The molecule has 0 aliphatic heterocycles. The van der Waals surface area contributed by atoms with Crippen molar-refractivity contribution in [3.8, 4) is 11.3 Å².